The Labute approximate surface area is 155 Å². The fourth-order valence-corrected chi connectivity index (χ4v) is 3.71. The lowest BCUT2D eigenvalue weighted by Crippen LogP contribution is -2.44. The van der Waals surface area contributed by atoms with Gasteiger partial charge in [0, 0.05) is 33.7 Å². The molecule has 1 N–H and O–H groups in total. The van der Waals surface area contributed by atoms with Crippen LogP contribution in [-0.4, -0.2) is 66.9 Å². The minimum absolute atomic E-state index is 0. The van der Waals surface area contributed by atoms with Gasteiger partial charge in [-0.25, -0.2) is 4.98 Å². The number of nitrogens with one attached hydrogen (secondary N) is 1. The molecule has 2 saturated heterocycles. The number of nitrogens with zero attached hydrogens (tertiary/aromatic N) is 3. The average molecular weight is 367 g/mol. The SMILES string of the molecule is Cc1nc(C(=O)N(C)C)ccc1C(=O)N1CCC2(CCNC2)CC1.Cl. The van der Waals surface area contributed by atoms with Crippen LogP contribution in [-0.2, 0) is 0 Å². The third-order valence-electron chi connectivity index (χ3n) is 5.38. The molecule has 3 heterocycles. The summed E-state index contributed by atoms with van der Waals surface area (Å²) in [5.74, 6) is -0.115. The second kappa shape index (κ2) is 7.70. The molecule has 25 heavy (non-hydrogen) atoms. The predicted octanol–water partition coefficient (Wildman–Crippen LogP) is 1.73. The summed E-state index contributed by atoms with van der Waals surface area (Å²) < 4.78 is 0. The van der Waals surface area contributed by atoms with E-state index in [2.05, 4.69) is 10.3 Å². The van der Waals surface area contributed by atoms with Crippen LogP contribution in [0.4, 0.5) is 0 Å². The van der Waals surface area contributed by atoms with E-state index in [0.29, 0.717) is 22.4 Å². The summed E-state index contributed by atoms with van der Waals surface area (Å²) in [6.45, 7) is 5.58. The van der Waals surface area contributed by atoms with Gasteiger partial charge in [-0.1, -0.05) is 0 Å². The number of aromatic nitrogens is 1. The van der Waals surface area contributed by atoms with E-state index in [0.717, 1.165) is 39.0 Å². The van der Waals surface area contributed by atoms with Gasteiger partial charge in [0.25, 0.3) is 11.8 Å². The Morgan fingerprint density at radius 1 is 1.20 bits per heavy atom. The van der Waals surface area contributed by atoms with E-state index >= 15 is 0 Å². The van der Waals surface area contributed by atoms with E-state index in [1.807, 2.05) is 4.90 Å². The zero-order chi connectivity index (χ0) is 17.3. The van der Waals surface area contributed by atoms with Crippen molar-refractivity contribution in [1.82, 2.24) is 20.1 Å². The standard InChI is InChI=1S/C18H26N4O2.ClH/c1-13-14(4-5-15(20-13)17(24)21(2)3)16(23)22-10-7-18(8-11-22)6-9-19-12-18;/h4-5,19H,6-12H2,1-3H3;1H. The van der Waals surface area contributed by atoms with Gasteiger partial charge in [-0.05, 0) is 50.3 Å². The van der Waals surface area contributed by atoms with Gasteiger partial charge < -0.3 is 15.1 Å². The highest BCUT2D eigenvalue weighted by Crippen LogP contribution is 2.37. The Balaban J connectivity index is 0.00000225. The lowest BCUT2D eigenvalue weighted by molar-refractivity contribution is 0.0605. The molecule has 0 atom stereocenters. The van der Waals surface area contributed by atoms with Crippen molar-refractivity contribution in [2.45, 2.75) is 26.2 Å². The molecule has 2 fully saturated rings. The van der Waals surface area contributed by atoms with Crippen LogP contribution in [0.15, 0.2) is 12.1 Å². The maximum Gasteiger partial charge on any atom is 0.271 e. The van der Waals surface area contributed by atoms with E-state index < -0.39 is 0 Å². The quantitative estimate of drug-likeness (QED) is 0.865. The highest BCUT2D eigenvalue weighted by atomic mass is 35.5. The first kappa shape index (κ1) is 19.7. The second-order valence-electron chi connectivity index (χ2n) is 7.25. The van der Waals surface area contributed by atoms with Crippen LogP contribution < -0.4 is 5.32 Å². The number of pyridine rings is 1. The van der Waals surface area contributed by atoms with Crippen LogP contribution in [0.3, 0.4) is 0 Å². The number of carbonyl (C=O) groups is 2. The van der Waals surface area contributed by atoms with Gasteiger partial charge >= 0.3 is 0 Å². The van der Waals surface area contributed by atoms with E-state index in [9.17, 15) is 9.59 Å². The van der Waals surface area contributed by atoms with Crippen LogP contribution in [0.2, 0.25) is 0 Å². The molecule has 0 aliphatic carbocycles. The van der Waals surface area contributed by atoms with Crippen molar-refractivity contribution in [2.24, 2.45) is 5.41 Å². The Kier molecular flexibility index (Phi) is 6.06. The highest BCUT2D eigenvalue weighted by Gasteiger charge is 2.38. The fourth-order valence-electron chi connectivity index (χ4n) is 3.71. The van der Waals surface area contributed by atoms with Gasteiger partial charge in [-0.15, -0.1) is 12.4 Å². The Morgan fingerprint density at radius 3 is 2.40 bits per heavy atom. The third-order valence-corrected chi connectivity index (χ3v) is 5.38. The molecule has 3 rings (SSSR count). The summed E-state index contributed by atoms with van der Waals surface area (Å²) >= 11 is 0. The number of amides is 2. The number of hydrogen-bond acceptors (Lipinski definition) is 4. The minimum atomic E-state index is -0.147. The molecule has 1 aromatic rings. The Hall–Kier alpha value is -1.66. The molecule has 138 valence electrons. The van der Waals surface area contributed by atoms with Crippen molar-refractivity contribution >= 4 is 24.2 Å². The van der Waals surface area contributed by atoms with Crippen molar-refractivity contribution in [2.75, 3.05) is 40.3 Å². The number of likely N-dealkylation sites (tertiary alicyclic amines) is 1. The van der Waals surface area contributed by atoms with Gasteiger partial charge in [-0.2, -0.15) is 0 Å². The van der Waals surface area contributed by atoms with Crippen molar-refractivity contribution in [3.8, 4) is 0 Å². The maximum absolute atomic E-state index is 12.8. The van der Waals surface area contributed by atoms with Crippen LogP contribution in [0.5, 0.6) is 0 Å². The molecular formula is C18H27ClN4O2. The summed E-state index contributed by atoms with van der Waals surface area (Å²) in [5, 5.41) is 3.44. The maximum atomic E-state index is 12.8. The Morgan fingerprint density at radius 2 is 1.88 bits per heavy atom. The molecule has 0 bridgehead atoms. The summed E-state index contributed by atoms with van der Waals surface area (Å²) in [5.41, 5.74) is 2.00. The van der Waals surface area contributed by atoms with Gasteiger partial charge in [0.2, 0.25) is 0 Å². The van der Waals surface area contributed by atoms with Crippen molar-refractivity contribution in [3.05, 3.63) is 29.1 Å². The molecule has 0 aromatic carbocycles. The number of aryl methyl sites for hydroxylation is 1. The van der Waals surface area contributed by atoms with Gasteiger partial charge in [0.1, 0.15) is 5.69 Å². The monoisotopic (exact) mass is 366 g/mol. The van der Waals surface area contributed by atoms with Gasteiger partial charge in [-0.3, -0.25) is 9.59 Å². The molecule has 0 unspecified atom stereocenters. The molecule has 1 spiro atoms. The van der Waals surface area contributed by atoms with Crippen LogP contribution in [0.1, 0.15) is 45.8 Å². The average Bonchev–Trinajstić information content (AvgIpc) is 3.02. The topological polar surface area (TPSA) is 65.5 Å². The number of hydrogen-bond donors (Lipinski definition) is 1. The van der Waals surface area contributed by atoms with E-state index in [1.165, 1.54) is 11.3 Å². The third kappa shape index (κ3) is 3.96. The molecule has 7 heteroatoms. The van der Waals surface area contributed by atoms with Crippen molar-refractivity contribution in [3.63, 3.8) is 0 Å². The molecule has 1 aromatic heterocycles. The largest absolute Gasteiger partial charge is 0.343 e. The molecular weight excluding hydrogens is 340 g/mol. The Bertz CT molecular complexity index is 646. The first-order chi connectivity index (χ1) is 11.4. The number of rotatable bonds is 2. The first-order valence-corrected chi connectivity index (χ1v) is 8.61. The van der Waals surface area contributed by atoms with Crippen molar-refractivity contribution < 1.29 is 9.59 Å². The fraction of sp³-hybridized carbons (Fsp3) is 0.611. The summed E-state index contributed by atoms with van der Waals surface area (Å²) in [6, 6.07) is 3.39. The lowest BCUT2D eigenvalue weighted by Gasteiger charge is -2.39. The molecule has 2 aliphatic rings. The van der Waals surface area contributed by atoms with Crippen molar-refractivity contribution in [1.29, 1.82) is 0 Å². The van der Waals surface area contributed by atoms with Crippen LogP contribution in [0.25, 0.3) is 0 Å². The first-order valence-electron chi connectivity index (χ1n) is 8.61. The van der Waals surface area contributed by atoms with E-state index in [4.69, 9.17) is 0 Å². The van der Waals surface area contributed by atoms with E-state index in [-0.39, 0.29) is 24.2 Å². The normalized spacial score (nSPS) is 18.8. The van der Waals surface area contributed by atoms with Crippen LogP contribution in [0, 0.1) is 12.3 Å². The van der Waals surface area contributed by atoms with Crippen LogP contribution >= 0.6 is 12.4 Å². The lowest BCUT2D eigenvalue weighted by atomic mass is 9.78. The predicted molar refractivity (Wildman–Crippen MR) is 99.3 cm³/mol. The molecule has 0 saturated carbocycles. The second-order valence-corrected chi connectivity index (χ2v) is 7.25. The van der Waals surface area contributed by atoms with E-state index in [1.54, 1.807) is 33.2 Å². The smallest absolute Gasteiger partial charge is 0.271 e. The molecule has 6 nitrogen and oxygen atoms in total. The minimum Gasteiger partial charge on any atom is -0.343 e. The van der Waals surface area contributed by atoms with Gasteiger partial charge in [0.05, 0.1) is 11.3 Å². The zero-order valence-electron chi connectivity index (χ0n) is 15.2. The number of piperidine rings is 1. The highest BCUT2D eigenvalue weighted by molar-refractivity contribution is 5.97. The van der Waals surface area contributed by atoms with Gasteiger partial charge in [0.15, 0.2) is 0 Å². The summed E-state index contributed by atoms with van der Waals surface area (Å²) in [6.07, 6.45) is 3.35. The molecule has 0 radical (unpaired) electrons. The molecule has 2 aliphatic heterocycles. The summed E-state index contributed by atoms with van der Waals surface area (Å²) in [4.78, 5) is 32.6. The molecule has 2 amide bonds. The summed E-state index contributed by atoms with van der Waals surface area (Å²) in [7, 11) is 3.39. The zero-order valence-corrected chi connectivity index (χ0v) is 16.0. The number of carbonyl (C=O) groups excluding carboxylic acids is 2. The number of halogens is 1.